The Kier molecular flexibility index (Phi) is 3.34. The number of anilines is 2. The minimum atomic E-state index is -0.211. The summed E-state index contributed by atoms with van der Waals surface area (Å²) in [7, 11) is 1.76. The molecule has 108 valence electrons. The summed E-state index contributed by atoms with van der Waals surface area (Å²) in [4.78, 5) is 16.7. The van der Waals surface area contributed by atoms with Crippen LogP contribution in [0.25, 0.3) is 10.2 Å². The monoisotopic (exact) mass is 301 g/mol. The number of thiazole rings is 1. The van der Waals surface area contributed by atoms with Crippen LogP contribution in [-0.4, -0.2) is 20.7 Å². The molecule has 2 heterocycles. The number of aryl methyl sites for hydroxylation is 2. The Bertz CT molecular complexity index is 820. The number of hydrogen-bond donors (Lipinski definition) is 2. The number of hydrogen-bond acceptors (Lipinski definition) is 5. The number of aromatic nitrogens is 3. The molecule has 0 aliphatic rings. The van der Waals surface area contributed by atoms with Gasteiger partial charge in [0.05, 0.1) is 15.9 Å². The zero-order valence-electron chi connectivity index (χ0n) is 11.8. The lowest BCUT2D eigenvalue weighted by Crippen LogP contribution is -2.15. The summed E-state index contributed by atoms with van der Waals surface area (Å²) >= 11 is 1.40. The van der Waals surface area contributed by atoms with Crippen LogP contribution in [0.3, 0.4) is 0 Å². The smallest absolute Gasteiger partial charge is 0.275 e. The molecule has 0 aliphatic carbocycles. The normalized spacial score (nSPS) is 11.0. The zero-order valence-corrected chi connectivity index (χ0v) is 12.6. The van der Waals surface area contributed by atoms with Gasteiger partial charge in [0.1, 0.15) is 5.69 Å². The highest BCUT2D eigenvalue weighted by Crippen LogP contribution is 2.27. The van der Waals surface area contributed by atoms with E-state index in [9.17, 15) is 4.79 Å². The molecule has 0 saturated carbocycles. The van der Waals surface area contributed by atoms with Crippen molar-refractivity contribution < 1.29 is 4.79 Å². The first-order chi connectivity index (χ1) is 10.1. The van der Waals surface area contributed by atoms with E-state index in [1.807, 2.05) is 19.1 Å². The molecule has 0 aliphatic heterocycles. The van der Waals surface area contributed by atoms with Gasteiger partial charge in [-0.2, -0.15) is 5.10 Å². The molecule has 0 fully saturated rings. The fourth-order valence-electron chi connectivity index (χ4n) is 2.07. The molecule has 21 heavy (non-hydrogen) atoms. The molecule has 3 aromatic rings. The molecule has 0 unspecified atom stereocenters. The Morgan fingerprint density at radius 1 is 1.43 bits per heavy atom. The summed E-state index contributed by atoms with van der Waals surface area (Å²) in [6.45, 7) is 2.00. The van der Waals surface area contributed by atoms with Crippen molar-refractivity contribution in [2.24, 2.45) is 7.05 Å². The lowest BCUT2D eigenvalue weighted by molar-refractivity contribution is 0.101. The van der Waals surface area contributed by atoms with Crippen molar-refractivity contribution in [1.82, 2.24) is 14.8 Å². The first-order valence-electron chi connectivity index (χ1n) is 6.57. The maximum Gasteiger partial charge on any atom is 0.275 e. The Morgan fingerprint density at radius 3 is 2.95 bits per heavy atom. The van der Waals surface area contributed by atoms with Gasteiger partial charge in [-0.15, -0.1) is 0 Å². The van der Waals surface area contributed by atoms with Gasteiger partial charge in [-0.3, -0.25) is 14.8 Å². The molecule has 6 nitrogen and oxygen atoms in total. The third-order valence-electron chi connectivity index (χ3n) is 3.16. The van der Waals surface area contributed by atoms with Crippen LogP contribution in [0.5, 0.6) is 0 Å². The second kappa shape index (κ2) is 5.17. The predicted molar refractivity (Wildman–Crippen MR) is 84.6 cm³/mol. The summed E-state index contributed by atoms with van der Waals surface area (Å²) in [5, 5.41) is 7.64. The van der Waals surface area contributed by atoms with Crippen LogP contribution in [0.1, 0.15) is 23.1 Å². The van der Waals surface area contributed by atoms with E-state index in [1.165, 1.54) is 11.3 Å². The van der Waals surface area contributed by atoms with E-state index in [4.69, 9.17) is 5.73 Å². The summed E-state index contributed by atoms with van der Waals surface area (Å²) in [6, 6.07) is 7.28. The molecule has 1 aromatic carbocycles. The van der Waals surface area contributed by atoms with Crippen molar-refractivity contribution in [3.8, 4) is 0 Å². The molecule has 7 heteroatoms. The molecule has 0 bridgehead atoms. The molecule has 3 rings (SSSR count). The van der Waals surface area contributed by atoms with Crippen LogP contribution in [0.15, 0.2) is 24.3 Å². The Labute approximate surface area is 125 Å². The van der Waals surface area contributed by atoms with Crippen LogP contribution < -0.4 is 11.1 Å². The molecular formula is C14H15N5OS. The number of carbonyl (C=O) groups excluding carboxylic acids is 1. The summed E-state index contributed by atoms with van der Waals surface area (Å²) in [5.41, 5.74) is 8.66. The molecule has 0 atom stereocenters. The topological polar surface area (TPSA) is 85.8 Å². The Balaban J connectivity index is 1.87. The van der Waals surface area contributed by atoms with E-state index in [2.05, 4.69) is 15.4 Å². The second-order valence-corrected chi connectivity index (χ2v) is 5.73. The van der Waals surface area contributed by atoms with Gasteiger partial charge in [0.25, 0.3) is 5.91 Å². The van der Waals surface area contributed by atoms with Crippen molar-refractivity contribution in [3.63, 3.8) is 0 Å². The van der Waals surface area contributed by atoms with E-state index in [1.54, 1.807) is 23.9 Å². The average molecular weight is 301 g/mol. The van der Waals surface area contributed by atoms with Crippen LogP contribution in [0, 0.1) is 0 Å². The number of rotatable bonds is 3. The van der Waals surface area contributed by atoms with Crippen LogP contribution in [0.2, 0.25) is 0 Å². The lowest BCUT2D eigenvalue weighted by atomic mass is 10.3. The predicted octanol–water partition coefficient (Wildman–Crippen LogP) is 2.43. The number of amides is 1. The first kappa shape index (κ1) is 13.6. The third-order valence-corrected chi connectivity index (χ3v) is 4.09. The molecule has 0 saturated heterocycles. The zero-order chi connectivity index (χ0) is 15.0. The van der Waals surface area contributed by atoms with E-state index in [0.29, 0.717) is 16.5 Å². The van der Waals surface area contributed by atoms with Gasteiger partial charge < -0.3 is 5.73 Å². The summed E-state index contributed by atoms with van der Waals surface area (Å²) in [5.74, 6) is -0.211. The number of nitrogens with one attached hydrogen (secondary N) is 1. The number of nitrogens with zero attached hydrogens (tertiary/aromatic N) is 3. The van der Waals surface area contributed by atoms with Crippen molar-refractivity contribution in [2.75, 3.05) is 11.1 Å². The Morgan fingerprint density at radius 2 is 2.24 bits per heavy atom. The molecular weight excluding hydrogens is 286 g/mol. The maximum atomic E-state index is 12.3. The van der Waals surface area contributed by atoms with Crippen LogP contribution in [0.4, 0.5) is 10.8 Å². The number of benzene rings is 1. The van der Waals surface area contributed by atoms with Gasteiger partial charge in [0.15, 0.2) is 5.13 Å². The van der Waals surface area contributed by atoms with E-state index >= 15 is 0 Å². The lowest BCUT2D eigenvalue weighted by Gasteiger charge is -2.00. The van der Waals surface area contributed by atoms with Crippen LogP contribution >= 0.6 is 11.3 Å². The fraction of sp³-hybridized carbons (Fsp3) is 0.214. The molecule has 0 radical (unpaired) electrons. The summed E-state index contributed by atoms with van der Waals surface area (Å²) in [6.07, 6.45) is 0.793. The number of fused-ring (bicyclic) bond motifs is 1. The van der Waals surface area contributed by atoms with Crippen molar-refractivity contribution in [2.45, 2.75) is 13.3 Å². The van der Waals surface area contributed by atoms with Crippen molar-refractivity contribution in [1.29, 1.82) is 0 Å². The fourth-order valence-corrected chi connectivity index (χ4v) is 2.98. The standard InChI is InChI=1S/C14H15N5OS/c1-3-9-7-11(19(2)18-9)13(20)17-14-16-10-5-4-8(15)6-12(10)21-14/h4-7H,3,15H2,1-2H3,(H,16,17,20). The highest BCUT2D eigenvalue weighted by molar-refractivity contribution is 7.22. The molecule has 2 aromatic heterocycles. The average Bonchev–Trinajstić information content (AvgIpc) is 3.00. The molecule has 3 N–H and O–H groups in total. The number of carbonyl (C=O) groups is 1. The van der Waals surface area contributed by atoms with Gasteiger partial charge in [-0.1, -0.05) is 18.3 Å². The van der Waals surface area contributed by atoms with Gasteiger partial charge in [-0.25, -0.2) is 4.98 Å². The van der Waals surface area contributed by atoms with Crippen molar-refractivity contribution in [3.05, 3.63) is 35.7 Å². The van der Waals surface area contributed by atoms with E-state index in [-0.39, 0.29) is 5.91 Å². The minimum absolute atomic E-state index is 0.211. The number of nitrogen functional groups attached to an aromatic ring is 1. The summed E-state index contributed by atoms with van der Waals surface area (Å²) < 4.78 is 2.53. The Hall–Kier alpha value is -2.41. The third kappa shape index (κ3) is 2.59. The molecule has 0 spiro atoms. The van der Waals surface area contributed by atoms with Gasteiger partial charge in [0, 0.05) is 12.7 Å². The van der Waals surface area contributed by atoms with Gasteiger partial charge >= 0.3 is 0 Å². The minimum Gasteiger partial charge on any atom is -0.399 e. The highest BCUT2D eigenvalue weighted by Gasteiger charge is 2.14. The second-order valence-electron chi connectivity index (χ2n) is 4.70. The SMILES string of the molecule is CCc1cc(C(=O)Nc2nc3ccc(N)cc3s2)n(C)n1. The quantitative estimate of drug-likeness (QED) is 0.727. The molecule has 1 amide bonds. The van der Waals surface area contributed by atoms with Gasteiger partial charge in [-0.05, 0) is 30.7 Å². The van der Waals surface area contributed by atoms with E-state index in [0.717, 1.165) is 22.3 Å². The van der Waals surface area contributed by atoms with E-state index < -0.39 is 0 Å². The number of nitrogens with two attached hydrogens (primary N) is 1. The highest BCUT2D eigenvalue weighted by atomic mass is 32.1. The van der Waals surface area contributed by atoms with Crippen molar-refractivity contribution >= 4 is 38.3 Å². The largest absolute Gasteiger partial charge is 0.399 e. The maximum absolute atomic E-state index is 12.3. The van der Waals surface area contributed by atoms with Gasteiger partial charge in [0.2, 0.25) is 0 Å². The van der Waals surface area contributed by atoms with Crippen LogP contribution in [-0.2, 0) is 13.5 Å². The first-order valence-corrected chi connectivity index (χ1v) is 7.39.